The molecule has 5 heterocycles. The number of pyridine rings is 1. The molecule has 6 N–H and O–H groups in total. The molecule has 1 aromatic heterocycles. The number of aliphatic imine (C=N–C) groups is 1. The van der Waals surface area contributed by atoms with Crippen molar-refractivity contribution in [3.8, 4) is 11.6 Å². The number of amides is 2. The van der Waals surface area contributed by atoms with Crippen molar-refractivity contribution in [2.24, 2.45) is 22.1 Å². The summed E-state index contributed by atoms with van der Waals surface area (Å²) in [4.78, 5) is 52.9. The van der Waals surface area contributed by atoms with E-state index in [4.69, 9.17) is 24.9 Å². The van der Waals surface area contributed by atoms with Crippen molar-refractivity contribution in [1.82, 2.24) is 20.5 Å². The number of carboxylic acids is 1. The zero-order valence-electron chi connectivity index (χ0n) is 40.6. The molecule has 2 aliphatic carbocycles. The van der Waals surface area contributed by atoms with E-state index >= 15 is 0 Å². The second-order valence-electron chi connectivity index (χ2n) is 20.4. The second-order valence-corrected chi connectivity index (χ2v) is 22.7. The number of allylic oxidation sites excluding steroid dienone is 2. The Labute approximate surface area is 422 Å². The van der Waals surface area contributed by atoms with Crippen LogP contribution in [0.5, 0.6) is 11.6 Å². The van der Waals surface area contributed by atoms with Crippen LogP contribution in [0, 0.1) is 11.3 Å². The minimum atomic E-state index is -1.46. The van der Waals surface area contributed by atoms with Crippen LogP contribution in [0.2, 0.25) is 0 Å². The molecule has 2 amide bonds. The molecule has 3 aromatic rings. The van der Waals surface area contributed by atoms with Gasteiger partial charge < -0.3 is 25.4 Å². The van der Waals surface area contributed by atoms with E-state index in [0.717, 1.165) is 93.5 Å². The van der Waals surface area contributed by atoms with E-state index in [-0.39, 0.29) is 24.9 Å². The van der Waals surface area contributed by atoms with Gasteiger partial charge in [-0.05, 0) is 78.7 Å². The number of aliphatic carboxylic acids is 1. The number of nitrogens with two attached hydrogens (primary N) is 1. The van der Waals surface area contributed by atoms with Gasteiger partial charge in [0.05, 0.1) is 12.2 Å². The van der Waals surface area contributed by atoms with Gasteiger partial charge in [0, 0.05) is 12.8 Å². The summed E-state index contributed by atoms with van der Waals surface area (Å²) in [6.45, 7) is 3.25. The molecule has 0 spiro atoms. The maximum absolute atomic E-state index is 13.6. The van der Waals surface area contributed by atoms with Gasteiger partial charge in [-0.25, -0.2) is 0 Å². The standard InChI is InChI=1S/C54H70IN8O7/c1-62(2)25-6-5-9-47(61-52(65)54(53(66)67)20-7-21-54)51(64)60-38-13-11-35(12-14-38)33-68-48-10-4-3-8-45(48)46-29-37(50(56)59-34-55-46)26-36-27-39-15-16-40(28-36)63(39)41-17-24-58-49(30-41)70-44-31-43(32-44)69-42-18-22-57-23-19-42/h3-4,8,10-14,17,24,29-30,34,36,39-40,42-44,47,57H,5-7,9,15-16,18-23,25-28,31-33,56H2,1-2H3,(H,60,64)(H,61,65)(H,66,67)/q-1/t36?,39?,40?,43?,44?,47-/m0/s1. The van der Waals surface area contributed by atoms with Gasteiger partial charge in [0.25, 0.3) is 0 Å². The molecule has 70 heavy (non-hydrogen) atoms. The van der Waals surface area contributed by atoms with Gasteiger partial charge >= 0.3 is 262 Å². The molecule has 2 aromatic carbocycles. The van der Waals surface area contributed by atoms with Crippen LogP contribution in [-0.4, -0.2) is 107 Å². The molecule has 16 heteroatoms. The van der Waals surface area contributed by atoms with Gasteiger partial charge in [0.1, 0.15) is 11.5 Å². The van der Waals surface area contributed by atoms with Gasteiger partial charge in [-0.2, -0.15) is 0 Å². The summed E-state index contributed by atoms with van der Waals surface area (Å²) in [5.41, 5.74) is 10.1. The summed E-state index contributed by atoms with van der Waals surface area (Å²) in [5, 5.41) is 19.0. The monoisotopic (exact) mass is 1070 g/mol. The summed E-state index contributed by atoms with van der Waals surface area (Å²) in [7, 11) is 3.98. The molecule has 15 nitrogen and oxygen atoms in total. The fraction of sp³-hybridized carbons (Fsp3) is 0.537. The Kier molecular flexibility index (Phi) is 16.4. The number of nitrogens with one attached hydrogen (secondary N) is 3. The number of nitrogens with zero attached hydrogens (tertiary/aromatic N) is 4. The summed E-state index contributed by atoms with van der Waals surface area (Å²) < 4.78 is 22.4. The number of carbonyl (C=O) groups excluding carboxylic acids is 2. The second kappa shape index (κ2) is 23.0. The van der Waals surface area contributed by atoms with Gasteiger partial charge in [-0.15, -0.1) is 0 Å². The van der Waals surface area contributed by atoms with E-state index in [9.17, 15) is 19.5 Å². The van der Waals surface area contributed by atoms with E-state index in [1.54, 1.807) is 0 Å². The van der Waals surface area contributed by atoms with Gasteiger partial charge in [0.15, 0.2) is 0 Å². The van der Waals surface area contributed by atoms with Crippen molar-refractivity contribution in [1.29, 1.82) is 0 Å². The zero-order chi connectivity index (χ0) is 48.6. The Hall–Kier alpha value is -5.04. The molecule has 2 bridgehead atoms. The number of aromatic nitrogens is 1. The molecule has 4 aliphatic heterocycles. The van der Waals surface area contributed by atoms with Crippen LogP contribution in [-0.2, 0) is 25.7 Å². The van der Waals surface area contributed by atoms with Crippen molar-refractivity contribution in [2.45, 2.75) is 139 Å². The van der Waals surface area contributed by atoms with Gasteiger partial charge in [-0.3, -0.25) is 9.59 Å². The van der Waals surface area contributed by atoms with Gasteiger partial charge in [-0.1, -0.05) is 6.42 Å². The average molecular weight is 1070 g/mol. The number of fused-ring (bicyclic) bond motifs is 2. The van der Waals surface area contributed by atoms with E-state index in [0.29, 0.717) is 73.5 Å². The third-order valence-electron chi connectivity index (χ3n) is 15.1. The van der Waals surface area contributed by atoms with Crippen LogP contribution in [0.3, 0.4) is 0 Å². The summed E-state index contributed by atoms with van der Waals surface area (Å²) in [6.07, 6.45) is 17.6. The Balaban J connectivity index is 0.787. The van der Waals surface area contributed by atoms with Gasteiger partial charge in [0.2, 0.25) is 5.91 Å². The number of anilines is 2. The first-order chi connectivity index (χ1) is 34.0. The Morgan fingerprint density at radius 1 is 0.957 bits per heavy atom. The Morgan fingerprint density at radius 2 is 1.71 bits per heavy atom. The third kappa shape index (κ3) is 12.2. The van der Waals surface area contributed by atoms with Crippen LogP contribution < -0.4 is 57.3 Å². The number of piperidine rings is 2. The number of rotatable bonds is 21. The van der Waals surface area contributed by atoms with Crippen LogP contribution in [0.4, 0.5) is 11.4 Å². The molecule has 3 saturated heterocycles. The molecule has 3 atom stereocenters. The summed E-state index contributed by atoms with van der Waals surface area (Å²) in [6, 6.07) is 20.0. The predicted molar refractivity (Wildman–Crippen MR) is 267 cm³/mol. The number of carbonyl (C=O) groups is 3. The van der Waals surface area contributed by atoms with Crippen molar-refractivity contribution in [3.05, 3.63) is 95.5 Å². The van der Waals surface area contributed by atoms with Crippen LogP contribution in [0.25, 0.3) is 3.58 Å². The molecule has 6 aliphatic rings. The number of ether oxygens (including phenoxy) is 3. The fourth-order valence-electron chi connectivity index (χ4n) is 11.0. The van der Waals surface area contributed by atoms with Crippen molar-refractivity contribution in [2.75, 3.05) is 43.9 Å². The number of hydrogen-bond donors (Lipinski definition) is 5. The van der Waals surface area contributed by atoms with Crippen LogP contribution in [0.15, 0.2) is 89.3 Å². The van der Waals surface area contributed by atoms with Crippen molar-refractivity contribution < 1.29 is 54.9 Å². The normalized spacial score (nSPS) is 24.6. The number of benzene rings is 2. The first-order valence-electron chi connectivity index (χ1n) is 25.4. The van der Waals surface area contributed by atoms with E-state index in [1.807, 2.05) is 67.0 Å². The SMILES string of the molecule is CN(C)CCCC[C@H](NC(=O)C1(C(=O)O)CCC1)C(=O)Nc1ccc(COc2ccccc2C2=CC(CC3CC4CCC(C3)N4c3ccnc(OC4CC(OC5CCNCC5)C4)c3)=C(N)N=C[I-]2)cc1. The third-order valence-corrected chi connectivity index (χ3v) is 17.3. The first kappa shape index (κ1) is 49.9. The number of carboxylic acid groups (broad SMARTS) is 1. The maximum atomic E-state index is 13.6. The van der Waals surface area contributed by atoms with Crippen molar-refractivity contribution in [3.63, 3.8) is 0 Å². The first-order valence-corrected chi connectivity index (χ1v) is 27.8. The summed E-state index contributed by atoms with van der Waals surface area (Å²) >= 11 is -0.585. The van der Waals surface area contributed by atoms with E-state index in [1.165, 1.54) is 22.1 Å². The molecule has 2 saturated carbocycles. The summed E-state index contributed by atoms with van der Waals surface area (Å²) in [5.74, 6) is 0.499. The van der Waals surface area contributed by atoms with E-state index < -0.39 is 44.5 Å². The molecule has 0 radical (unpaired) electrons. The van der Waals surface area contributed by atoms with E-state index in [2.05, 4.69) is 55.0 Å². The fourth-order valence-corrected chi connectivity index (χ4v) is 13.0. The van der Waals surface area contributed by atoms with Crippen molar-refractivity contribution >= 4 is 37.0 Å². The Bertz CT molecular complexity index is 2400. The average Bonchev–Trinajstić information content (AvgIpc) is 3.46. The number of halogens is 1. The molecule has 9 rings (SSSR count). The molecular weight excluding hydrogens is 1000 g/mol. The van der Waals surface area contributed by atoms with Crippen LogP contribution in [0.1, 0.15) is 107 Å². The predicted octanol–water partition coefficient (Wildman–Crippen LogP) is 4.23. The molecule has 376 valence electrons. The molecule has 5 fully saturated rings. The molecular formula is C54H70IN8O7-. The number of para-hydroxylation sites is 1. The molecule has 2 unspecified atom stereocenters. The zero-order valence-corrected chi connectivity index (χ0v) is 42.8. The minimum absolute atomic E-state index is 0.156. The topological polar surface area (TPSA) is 193 Å². The number of hydrogen-bond acceptors (Lipinski definition) is 12. The quantitative estimate of drug-likeness (QED) is 0.0581. The van der Waals surface area contributed by atoms with Crippen LogP contribution >= 0.6 is 0 Å². The Morgan fingerprint density at radius 3 is 2.43 bits per heavy atom. The number of unbranched alkanes of at least 4 members (excludes halogenated alkanes) is 1.